The van der Waals surface area contributed by atoms with Crippen molar-refractivity contribution >= 4 is 17.6 Å². The van der Waals surface area contributed by atoms with Gasteiger partial charge in [0.05, 0.1) is 24.8 Å². The first-order valence-electron chi connectivity index (χ1n) is 10.7. The Morgan fingerprint density at radius 2 is 1.83 bits per heavy atom. The van der Waals surface area contributed by atoms with E-state index in [2.05, 4.69) is 15.5 Å². The van der Waals surface area contributed by atoms with Crippen LogP contribution in [0.4, 0.5) is 5.69 Å². The Bertz CT molecular complexity index is 1410. The van der Waals surface area contributed by atoms with Gasteiger partial charge in [0.15, 0.2) is 0 Å². The fourth-order valence-corrected chi connectivity index (χ4v) is 3.27. The van der Waals surface area contributed by atoms with Crippen molar-refractivity contribution in [3.63, 3.8) is 0 Å². The first-order valence-corrected chi connectivity index (χ1v) is 10.7. The van der Waals surface area contributed by atoms with E-state index in [4.69, 9.17) is 14.0 Å². The maximum absolute atomic E-state index is 12.6. The third kappa shape index (κ3) is 5.61. The fourth-order valence-electron chi connectivity index (χ4n) is 3.27. The van der Waals surface area contributed by atoms with Crippen LogP contribution in [0.15, 0.2) is 76.2 Å². The van der Waals surface area contributed by atoms with Crippen molar-refractivity contribution in [2.45, 2.75) is 13.5 Å². The first kappa shape index (κ1) is 23.4. The number of aromatic nitrogens is 3. The summed E-state index contributed by atoms with van der Waals surface area (Å²) in [6.45, 7) is 1.70. The SMILES string of the molecule is CCOC(=O)c1cccc(NC(=O)Cn2cc(-c3nc(-c4ccc(OC)cc4)no3)ccc2=O)c1. The van der Waals surface area contributed by atoms with Crippen molar-refractivity contribution < 1.29 is 23.6 Å². The zero-order valence-corrected chi connectivity index (χ0v) is 19.1. The number of anilines is 1. The molecule has 0 saturated carbocycles. The van der Waals surface area contributed by atoms with Gasteiger partial charge in [0.2, 0.25) is 11.7 Å². The maximum Gasteiger partial charge on any atom is 0.338 e. The Labute approximate surface area is 200 Å². The molecule has 178 valence electrons. The van der Waals surface area contributed by atoms with E-state index in [0.717, 1.165) is 5.56 Å². The number of carbonyl (C=O) groups is 2. The highest BCUT2D eigenvalue weighted by molar-refractivity contribution is 5.94. The molecule has 0 atom stereocenters. The van der Waals surface area contributed by atoms with E-state index in [1.54, 1.807) is 62.6 Å². The van der Waals surface area contributed by atoms with Crippen LogP contribution in [0, 0.1) is 0 Å². The molecule has 1 N–H and O–H groups in total. The Morgan fingerprint density at radius 3 is 2.57 bits per heavy atom. The van der Waals surface area contributed by atoms with E-state index in [0.29, 0.717) is 28.4 Å². The summed E-state index contributed by atoms with van der Waals surface area (Å²) in [4.78, 5) is 41.2. The van der Waals surface area contributed by atoms with E-state index in [-0.39, 0.29) is 24.6 Å². The molecule has 0 unspecified atom stereocenters. The Morgan fingerprint density at radius 1 is 1.06 bits per heavy atom. The summed E-state index contributed by atoms with van der Waals surface area (Å²) in [5, 5.41) is 6.67. The predicted molar refractivity (Wildman–Crippen MR) is 127 cm³/mol. The summed E-state index contributed by atoms with van der Waals surface area (Å²) in [5.41, 5.74) is 1.56. The van der Waals surface area contributed by atoms with Gasteiger partial charge >= 0.3 is 5.97 Å². The molecule has 4 aromatic rings. The zero-order valence-electron chi connectivity index (χ0n) is 19.1. The van der Waals surface area contributed by atoms with E-state index in [9.17, 15) is 14.4 Å². The van der Waals surface area contributed by atoms with Crippen LogP contribution < -0.4 is 15.6 Å². The number of nitrogens with zero attached hydrogens (tertiary/aromatic N) is 3. The number of hydrogen-bond donors (Lipinski definition) is 1. The number of carbonyl (C=O) groups excluding carboxylic acids is 2. The monoisotopic (exact) mass is 474 g/mol. The molecule has 0 radical (unpaired) electrons. The fraction of sp³-hybridized carbons (Fsp3) is 0.160. The summed E-state index contributed by atoms with van der Waals surface area (Å²) in [7, 11) is 1.58. The third-order valence-electron chi connectivity index (χ3n) is 4.98. The van der Waals surface area contributed by atoms with Gasteiger partial charge < -0.3 is 23.9 Å². The standard InChI is InChI=1S/C25H22N4O6/c1-3-34-25(32)17-5-4-6-19(13-17)26-21(30)15-29-14-18(9-12-22(29)31)24-27-23(28-35-24)16-7-10-20(33-2)11-8-16/h4-14H,3,15H2,1-2H3,(H,26,30). The maximum atomic E-state index is 12.6. The minimum absolute atomic E-state index is 0.201. The van der Waals surface area contributed by atoms with Gasteiger partial charge in [-0.15, -0.1) is 0 Å². The largest absolute Gasteiger partial charge is 0.497 e. The zero-order chi connectivity index (χ0) is 24.8. The molecule has 1 amide bonds. The van der Waals surface area contributed by atoms with Crippen LogP contribution in [0.2, 0.25) is 0 Å². The van der Waals surface area contributed by atoms with Gasteiger partial charge in [-0.2, -0.15) is 4.98 Å². The summed E-state index contributed by atoms with van der Waals surface area (Å²) >= 11 is 0. The molecule has 0 spiro atoms. The molecule has 0 aliphatic rings. The minimum Gasteiger partial charge on any atom is -0.497 e. The highest BCUT2D eigenvalue weighted by Crippen LogP contribution is 2.23. The predicted octanol–water partition coefficient (Wildman–Crippen LogP) is 3.39. The second kappa shape index (κ2) is 10.5. The van der Waals surface area contributed by atoms with Crippen molar-refractivity contribution in [1.82, 2.24) is 14.7 Å². The number of ether oxygens (including phenoxy) is 2. The van der Waals surface area contributed by atoms with Gasteiger partial charge in [-0.1, -0.05) is 11.2 Å². The van der Waals surface area contributed by atoms with Crippen LogP contribution in [0.1, 0.15) is 17.3 Å². The average Bonchev–Trinajstić information content (AvgIpc) is 3.36. The number of methoxy groups -OCH3 is 1. The number of pyridine rings is 1. The molecule has 0 saturated heterocycles. The number of esters is 1. The summed E-state index contributed by atoms with van der Waals surface area (Å²) < 4.78 is 16.7. The Hall–Kier alpha value is -4.73. The number of benzene rings is 2. The molecule has 4 rings (SSSR count). The minimum atomic E-state index is -0.485. The Kier molecular flexibility index (Phi) is 7.01. The van der Waals surface area contributed by atoms with Crippen LogP contribution in [-0.2, 0) is 16.1 Å². The van der Waals surface area contributed by atoms with Crippen molar-refractivity contribution in [2.75, 3.05) is 19.0 Å². The second-order valence-corrected chi connectivity index (χ2v) is 7.39. The van der Waals surface area contributed by atoms with E-state index < -0.39 is 11.9 Å². The van der Waals surface area contributed by atoms with Crippen molar-refractivity contribution in [1.29, 1.82) is 0 Å². The number of nitrogens with one attached hydrogen (secondary N) is 1. The molecular formula is C25H22N4O6. The average molecular weight is 474 g/mol. The molecule has 35 heavy (non-hydrogen) atoms. The quantitative estimate of drug-likeness (QED) is 0.385. The molecule has 2 aromatic heterocycles. The van der Waals surface area contributed by atoms with Crippen LogP contribution in [0.25, 0.3) is 22.8 Å². The smallest absolute Gasteiger partial charge is 0.338 e. The molecular weight excluding hydrogens is 452 g/mol. The van der Waals surface area contributed by atoms with Crippen LogP contribution in [-0.4, -0.2) is 40.3 Å². The van der Waals surface area contributed by atoms with Gasteiger partial charge in [-0.05, 0) is 55.5 Å². The number of hydrogen-bond acceptors (Lipinski definition) is 8. The number of rotatable bonds is 8. The summed E-state index contributed by atoms with van der Waals surface area (Å²) in [5.74, 6) is 0.345. The summed E-state index contributed by atoms with van der Waals surface area (Å²) in [6, 6.07) is 16.4. The van der Waals surface area contributed by atoms with Crippen molar-refractivity contribution in [3.8, 4) is 28.6 Å². The molecule has 10 heteroatoms. The van der Waals surface area contributed by atoms with E-state index in [1.165, 1.54) is 22.9 Å². The third-order valence-corrected chi connectivity index (χ3v) is 4.98. The molecule has 0 aliphatic carbocycles. The Balaban J connectivity index is 1.49. The first-order chi connectivity index (χ1) is 17.0. The lowest BCUT2D eigenvalue weighted by Crippen LogP contribution is -2.26. The molecule has 0 aliphatic heterocycles. The highest BCUT2D eigenvalue weighted by atomic mass is 16.5. The lowest BCUT2D eigenvalue weighted by molar-refractivity contribution is -0.116. The van der Waals surface area contributed by atoms with Crippen LogP contribution in [0.5, 0.6) is 5.75 Å². The molecule has 10 nitrogen and oxygen atoms in total. The lowest BCUT2D eigenvalue weighted by Gasteiger charge is -2.09. The molecule has 0 fully saturated rings. The van der Waals surface area contributed by atoms with E-state index in [1.807, 2.05) is 0 Å². The normalized spacial score (nSPS) is 10.6. The number of amides is 1. The van der Waals surface area contributed by atoms with E-state index >= 15 is 0 Å². The molecule has 0 bridgehead atoms. The van der Waals surface area contributed by atoms with Gasteiger partial charge in [0, 0.05) is 23.5 Å². The van der Waals surface area contributed by atoms with Gasteiger partial charge in [-0.25, -0.2) is 4.79 Å². The summed E-state index contributed by atoms with van der Waals surface area (Å²) in [6.07, 6.45) is 1.47. The van der Waals surface area contributed by atoms with Gasteiger partial charge in [-0.3, -0.25) is 9.59 Å². The van der Waals surface area contributed by atoms with Gasteiger partial charge in [0.25, 0.3) is 11.4 Å². The lowest BCUT2D eigenvalue weighted by atomic mass is 10.2. The molecule has 2 aromatic carbocycles. The van der Waals surface area contributed by atoms with Crippen LogP contribution >= 0.6 is 0 Å². The highest BCUT2D eigenvalue weighted by Gasteiger charge is 2.14. The second-order valence-electron chi connectivity index (χ2n) is 7.39. The topological polar surface area (TPSA) is 126 Å². The van der Waals surface area contributed by atoms with Crippen LogP contribution in [0.3, 0.4) is 0 Å². The molecule has 2 heterocycles. The van der Waals surface area contributed by atoms with Crippen molar-refractivity contribution in [2.24, 2.45) is 0 Å². The van der Waals surface area contributed by atoms with Gasteiger partial charge in [0.1, 0.15) is 12.3 Å². The van der Waals surface area contributed by atoms with Crippen molar-refractivity contribution in [3.05, 3.63) is 82.8 Å².